The van der Waals surface area contributed by atoms with Crippen LogP contribution in [0.4, 0.5) is 5.69 Å². The van der Waals surface area contributed by atoms with Gasteiger partial charge in [0.2, 0.25) is 0 Å². The lowest BCUT2D eigenvalue weighted by Crippen LogP contribution is -2.46. The number of aliphatic hydroxyl groups is 1. The van der Waals surface area contributed by atoms with E-state index >= 15 is 0 Å². The van der Waals surface area contributed by atoms with Gasteiger partial charge in [0.1, 0.15) is 0 Å². The zero-order valence-corrected chi connectivity index (χ0v) is 14.7. The Hall–Kier alpha value is -1.14. The Morgan fingerprint density at radius 1 is 1.29 bits per heavy atom. The number of para-hydroxylation sites is 1. The van der Waals surface area contributed by atoms with Crippen LogP contribution >= 0.6 is 0 Å². The fourth-order valence-electron chi connectivity index (χ4n) is 3.93. The zero-order chi connectivity index (χ0) is 16.8. The molecular formula is C19H31N3O2. The quantitative estimate of drug-likeness (QED) is 0.743. The molecule has 3 rings (SSSR count). The van der Waals surface area contributed by atoms with Crippen molar-refractivity contribution in [3.05, 3.63) is 29.8 Å². The van der Waals surface area contributed by atoms with Crippen molar-refractivity contribution < 1.29 is 9.84 Å². The van der Waals surface area contributed by atoms with Crippen molar-refractivity contribution in [1.29, 1.82) is 0 Å². The highest BCUT2D eigenvalue weighted by molar-refractivity contribution is 5.53. The summed E-state index contributed by atoms with van der Waals surface area (Å²) in [6.07, 6.45) is 4.31. The summed E-state index contributed by atoms with van der Waals surface area (Å²) >= 11 is 0. The number of nitrogens with one attached hydrogen (secondary N) is 2. The monoisotopic (exact) mass is 333 g/mol. The minimum Gasteiger partial charge on any atom is -0.389 e. The molecule has 1 fully saturated rings. The molecule has 5 heteroatoms. The van der Waals surface area contributed by atoms with Crippen LogP contribution in [0.15, 0.2) is 24.3 Å². The van der Waals surface area contributed by atoms with Gasteiger partial charge in [-0.25, -0.2) is 0 Å². The van der Waals surface area contributed by atoms with Gasteiger partial charge >= 0.3 is 0 Å². The molecule has 0 radical (unpaired) electrons. The Labute approximate surface area is 145 Å². The number of fused-ring (bicyclic) bond motifs is 1. The van der Waals surface area contributed by atoms with Gasteiger partial charge in [0.25, 0.3) is 0 Å². The van der Waals surface area contributed by atoms with E-state index in [2.05, 4.69) is 39.8 Å². The number of nitrogens with zero attached hydrogens (tertiary/aromatic N) is 1. The van der Waals surface area contributed by atoms with Gasteiger partial charge in [0.05, 0.1) is 12.7 Å². The lowest BCUT2D eigenvalue weighted by atomic mass is 9.97. The summed E-state index contributed by atoms with van der Waals surface area (Å²) in [6.45, 7) is 4.29. The number of likely N-dealkylation sites (tertiary alicyclic amines) is 1. The first kappa shape index (κ1) is 17.7. The minimum atomic E-state index is -0.376. The Kier molecular flexibility index (Phi) is 6.49. The number of β-amino-alcohol motifs (C(OH)–C–C–N with tert-alkyl or cyclic N) is 1. The topological polar surface area (TPSA) is 56.8 Å². The van der Waals surface area contributed by atoms with Gasteiger partial charge in [-0.15, -0.1) is 0 Å². The molecule has 24 heavy (non-hydrogen) atoms. The number of aliphatic hydroxyl groups excluding tert-OH is 1. The third kappa shape index (κ3) is 4.70. The van der Waals surface area contributed by atoms with Gasteiger partial charge in [-0.05, 0) is 50.4 Å². The Balaban J connectivity index is 1.51. The molecule has 134 valence electrons. The number of methoxy groups -OCH3 is 1. The Morgan fingerprint density at radius 2 is 2.08 bits per heavy atom. The van der Waals surface area contributed by atoms with Crippen molar-refractivity contribution in [3.63, 3.8) is 0 Å². The second-order valence-corrected chi connectivity index (χ2v) is 7.06. The molecule has 0 unspecified atom stereocenters. The van der Waals surface area contributed by atoms with Crippen molar-refractivity contribution in [3.8, 4) is 0 Å². The maximum Gasteiger partial charge on any atom is 0.0900 e. The third-order valence-corrected chi connectivity index (χ3v) is 5.17. The second-order valence-electron chi connectivity index (χ2n) is 7.06. The molecule has 2 atom stereocenters. The van der Waals surface area contributed by atoms with E-state index in [1.165, 1.54) is 24.1 Å². The first-order valence-corrected chi connectivity index (χ1v) is 9.24. The van der Waals surface area contributed by atoms with E-state index in [0.717, 1.165) is 39.0 Å². The van der Waals surface area contributed by atoms with Gasteiger partial charge in [0, 0.05) is 38.0 Å². The maximum atomic E-state index is 9.88. The molecule has 0 bridgehead atoms. The molecule has 2 aliphatic rings. The summed E-state index contributed by atoms with van der Waals surface area (Å²) in [6, 6.07) is 9.71. The molecule has 0 aromatic heterocycles. The maximum absolute atomic E-state index is 9.88. The van der Waals surface area contributed by atoms with E-state index in [-0.39, 0.29) is 6.10 Å². The molecule has 1 aromatic carbocycles. The van der Waals surface area contributed by atoms with Crippen LogP contribution in [0, 0.1) is 0 Å². The van der Waals surface area contributed by atoms with Crippen molar-refractivity contribution in [2.24, 2.45) is 0 Å². The number of benzene rings is 1. The van der Waals surface area contributed by atoms with Crippen LogP contribution < -0.4 is 10.6 Å². The normalized spacial score (nSPS) is 24.0. The lowest BCUT2D eigenvalue weighted by molar-refractivity contribution is 0.0307. The van der Waals surface area contributed by atoms with Crippen LogP contribution in [0.25, 0.3) is 0 Å². The summed E-state index contributed by atoms with van der Waals surface area (Å²) in [5.41, 5.74) is 2.69. The average Bonchev–Trinajstić information content (AvgIpc) is 2.79. The van der Waals surface area contributed by atoms with Crippen LogP contribution in [-0.2, 0) is 4.74 Å². The molecule has 0 spiro atoms. The number of hydrogen-bond donors (Lipinski definition) is 3. The molecular weight excluding hydrogens is 302 g/mol. The SMILES string of the molecule is COC[C@H](O)CN1CCC(N[C@@H]2CCCNc3ccccc32)CC1. The Morgan fingerprint density at radius 3 is 2.88 bits per heavy atom. The zero-order valence-electron chi connectivity index (χ0n) is 14.7. The van der Waals surface area contributed by atoms with E-state index in [1.807, 2.05) is 0 Å². The standard InChI is InChI=1S/C19H31N3O2/c1-24-14-16(23)13-22-11-8-15(9-12-22)21-19-7-4-10-20-18-6-3-2-5-17(18)19/h2-3,5-6,15-16,19-21,23H,4,7-14H2,1H3/t16-,19-/m1/s1. The van der Waals surface area contributed by atoms with Crippen molar-refractivity contribution in [1.82, 2.24) is 10.2 Å². The number of hydrogen-bond acceptors (Lipinski definition) is 5. The first-order valence-electron chi connectivity index (χ1n) is 9.24. The predicted octanol–water partition coefficient (Wildman–Crippen LogP) is 1.99. The average molecular weight is 333 g/mol. The summed E-state index contributed by atoms with van der Waals surface area (Å²) in [5.74, 6) is 0. The van der Waals surface area contributed by atoms with Crippen LogP contribution in [0.1, 0.15) is 37.3 Å². The molecule has 0 amide bonds. The molecule has 1 aromatic rings. The van der Waals surface area contributed by atoms with Crippen LogP contribution in [0.3, 0.4) is 0 Å². The van der Waals surface area contributed by atoms with Gasteiger partial charge in [-0.1, -0.05) is 18.2 Å². The van der Waals surface area contributed by atoms with E-state index in [0.29, 0.717) is 18.7 Å². The predicted molar refractivity (Wildman–Crippen MR) is 97.4 cm³/mol. The molecule has 5 nitrogen and oxygen atoms in total. The molecule has 1 saturated heterocycles. The molecule has 2 aliphatic heterocycles. The van der Waals surface area contributed by atoms with Crippen LogP contribution in [0.2, 0.25) is 0 Å². The molecule has 0 aliphatic carbocycles. The summed E-state index contributed by atoms with van der Waals surface area (Å²) in [4.78, 5) is 2.35. The van der Waals surface area contributed by atoms with Crippen molar-refractivity contribution >= 4 is 5.69 Å². The number of rotatable bonds is 6. The van der Waals surface area contributed by atoms with Gasteiger partial charge in [0.15, 0.2) is 0 Å². The largest absolute Gasteiger partial charge is 0.389 e. The highest BCUT2D eigenvalue weighted by atomic mass is 16.5. The second kappa shape index (κ2) is 8.81. The van der Waals surface area contributed by atoms with Crippen LogP contribution in [-0.4, -0.2) is 62.0 Å². The number of anilines is 1. The highest BCUT2D eigenvalue weighted by Crippen LogP contribution is 2.30. The van der Waals surface area contributed by atoms with Crippen LogP contribution in [0.5, 0.6) is 0 Å². The minimum absolute atomic E-state index is 0.376. The number of ether oxygens (including phenoxy) is 1. The first-order chi connectivity index (χ1) is 11.8. The van der Waals surface area contributed by atoms with E-state index < -0.39 is 0 Å². The van der Waals surface area contributed by atoms with Crippen molar-refractivity contribution in [2.75, 3.05) is 45.2 Å². The van der Waals surface area contributed by atoms with Crippen molar-refractivity contribution in [2.45, 2.75) is 43.9 Å². The lowest BCUT2D eigenvalue weighted by Gasteiger charge is -2.35. The van der Waals surface area contributed by atoms with Gasteiger partial charge < -0.3 is 25.4 Å². The number of piperidine rings is 1. The van der Waals surface area contributed by atoms with E-state index in [1.54, 1.807) is 7.11 Å². The smallest absolute Gasteiger partial charge is 0.0900 e. The highest BCUT2D eigenvalue weighted by Gasteiger charge is 2.25. The van der Waals surface area contributed by atoms with Gasteiger partial charge in [-0.3, -0.25) is 0 Å². The molecule has 2 heterocycles. The summed E-state index contributed by atoms with van der Waals surface area (Å²) < 4.78 is 5.02. The molecule has 0 saturated carbocycles. The van der Waals surface area contributed by atoms with E-state index in [4.69, 9.17) is 4.74 Å². The summed E-state index contributed by atoms with van der Waals surface area (Å²) in [5, 5.41) is 17.3. The fraction of sp³-hybridized carbons (Fsp3) is 0.684. The van der Waals surface area contributed by atoms with E-state index in [9.17, 15) is 5.11 Å². The summed E-state index contributed by atoms with van der Waals surface area (Å²) in [7, 11) is 1.64. The third-order valence-electron chi connectivity index (χ3n) is 5.17. The Bertz CT molecular complexity index is 503. The molecule has 3 N–H and O–H groups in total. The fourth-order valence-corrected chi connectivity index (χ4v) is 3.93. The van der Waals surface area contributed by atoms with Gasteiger partial charge in [-0.2, -0.15) is 0 Å².